The topological polar surface area (TPSA) is 213 Å². The Labute approximate surface area is 244 Å². The molecule has 0 radical (unpaired) electrons. The van der Waals surface area contributed by atoms with Crippen LogP contribution >= 0.6 is 0 Å². The molecule has 0 unspecified atom stereocenters. The van der Waals surface area contributed by atoms with Gasteiger partial charge < -0.3 is 40.8 Å². The number of carboxylic acids is 1. The second-order valence-electron chi connectivity index (χ2n) is 9.70. The fourth-order valence-electron chi connectivity index (χ4n) is 4.71. The third-order valence-corrected chi connectivity index (χ3v) is 6.91. The van der Waals surface area contributed by atoms with E-state index in [1.165, 1.54) is 24.3 Å². The van der Waals surface area contributed by atoms with Crippen LogP contribution in [0.4, 0.5) is 10.6 Å². The number of hydrogen-bond acceptors (Lipinski definition) is 11. The van der Waals surface area contributed by atoms with Crippen LogP contribution in [0.15, 0.2) is 67.3 Å². The van der Waals surface area contributed by atoms with Crippen molar-refractivity contribution in [1.82, 2.24) is 30.2 Å². The van der Waals surface area contributed by atoms with Crippen LogP contribution in [-0.2, 0) is 32.1 Å². The van der Waals surface area contributed by atoms with Gasteiger partial charge in [0, 0.05) is 6.42 Å². The quantitative estimate of drug-likeness (QED) is 0.173. The van der Waals surface area contributed by atoms with Crippen molar-refractivity contribution < 1.29 is 38.8 Å². The van der Waals surface area contributed by atoms with Gasteiger partial charge in [0.15, 0.2) is 23.8 Å². The lowest BCUT2D eigenvalue weighted by Crippen LogP contribution is -2.56. The third-order valence-electron chi connectivity index (χ3n) is 6.91. The molecule has 5 atom stereocenters. The summed E-state index contributed by atoms with van der Waals surface area (Å²) in [4.78, 5) is 50.5. The Kier molecular flexibility index (Phi) is 8.64. The molecule has 2 aromatic heterocycles. The van der Waals surface area contributed by atoms with E-state index in [0.29, 0.717) is 11.3 Å². The number of anilines is 1. The fraction of sp³-hybridized carbons (Fsp3) is 0.286. The SMILES string of the molecule is COc1ccc(C[C@H](NC(=O)OCc2ccccc2)C(=O)N[C@H]2[C@@H](O)[C@H](n3cnc4c(N)ncnc43)O[C@@H]2C(=O)O)cc1. The average molecular weight is 592 g/mol. The van der Waals surface area contributed by atoms with E-state index in [4.69, 9.17) is 19.9 Å². The van der Waals surface area contributed by atoms with Gasteiger partial charge in [-0.25, -0.2) is 24.5 Å². The Morgan fingerprint density at radius 2 is 1.81 bits per heavy atom. The molecule has 1 aliphatic rings. The van der Waals surface area contributed by atoms with Gasteiger partial charge in [0.2, 0.25) is 5.91 Å². The minimum atomic E-state index is -1.65. The maximum Gasteiger partial charge on any atom is 0.408 e. The number of rotatable bonds is 10. The number of aliphatic carboxylic acids is 1. The molecule has 2 aromatic carbocycles. The highest BCUT2D eigenvalue weighted by atomic mass is 16.6. The number of nitrogens with two attached hydrogens (primary N) is 1. The highest BCUT2D eigenvalue weighted by Crippen LogP contribution is 2.32. The number of amides is 2. The van der Waals surface area contributed by atoms with Crippen LogP contribution in [0.5, 0.6) is 5.75 Å². The number of hydrogen-bond donors (Lipinski definition) is 5. The van der Waals surface area contributed by atoms with Gasteiger partial charge in [0.1, 0.15) is 36.3 Å². The summed E-state index contributed by atoms with van der Waals surface area (Å²) < 4.78 is 17.5. The Morgan fingerprint density at radius 3 is 2.51 bits per heavy atom. The van der Waals surface area contributed by atoms with Gasteiger partial charge in [-0.3, -0.25) is 9.36 Å². The zero-order valence-corrected chi connectivity index (χ0v) is 22.9. The molecule has 2 amide bonds. The number of nitrogen functional groups attached to an aromatic ring is 1. The van der Waals surface area contributed by atoms with E-state index in [2.05, 4.69) is 25.6 Å². The Hall–Kier alpha value is -5.28. The molecule has 3 heterocycles. The lowest BCUT2D eigenvalue weighted by Gasteiger charge is -2.24. The summed E-state index contributed by atoms with van der Waals surface area (Å²) in [6, 6.07) is 13.2. The smallest absolute Gasteiger partial charge is 0.408 e. The number of nitrogens with one attached hydrogen (secondary N) is 2. The van der Waals surface area contributed by atoms with Gasteiger partial charge in [-0.1, -0.05) is 42.5 Å². The van der Waals surface area contributed by atoms with Crippen LogP contribution in [0.1, 0.15) is 17.4 Å². The molecular formula is C28H29N7O8. The van der Waals surface area contributed by atoms with E-state index in [-0.39, 0.29) is 30.0 Å². The van der Waals surface area contributed by atoms with E-state index in [0.717, 1.165) is 5.56 Å². The summed E-state index contributed by atoms with van der Waals surface area (Å²) in [6.45, 7) is -0.0333. The predicted octanol–water partition coefficient (Wildman–Crippen LogP) is 0.783. The van der Waals surface area contributed by atoms with Crippen molar-refractivity contribution in [2.45, 2.75) is 43.5 Å². The van der Waals surface area contributed by atoms with Crippen molar-refractivity contribution in [3.8, 4) is 5.75 Å². The molecule has 5 rings (SSSR count). The maximum atomic E-state index is 13.6. The number of imidazole rings is 1. The molecule has 1 saturated heterocycles. The van der Waals surface area contributed by atoms with Gasteiger partial charge in [0.05, 0.1) is 19.5 Å². The van der Waals surface area contributed by atoms with Crippen molar-refractivity contribution in [3.05, 3.63) is 78.4 Å². The van der Waals surface area contributed by atoms with Crippen LogP contribution in [0.2, 0.25) is 0 Å². The maximum absolute atomic E-state index is 13.6. The number of fused-ring (bicyclic) bond motifs is 1. The fourth-order valence-corrected chi connectivity index (χ4v) is 4.71. The molecule has 6 N–H and O–H groups in total. The van der Waals surface area contributed by atoms with E-state index >= 15 is 0 Å². The van der Waals surface area contributed by atoms with Crippen LogP contribution in [0.25, 0.3) is 11.2 Å². The second kappa shape index (κ2) is 12.7. The summed E-state index contributed by atoms with van der Waals surface area (Å²) in [5.74, 6) is -1.51. The summed E-state index contributed by atoms with van der Waals surface area (Å²) in [5, 5.41) is 26.2. The first-order valence-electron chi connectivity index (χ1n) is 13.1. The molecule has 1 fully saturated rings. The van der Waals surface area contributed by atoms with Crippen LogP contribution < -0.4 is 21.1 Å². The van der Waals surface area contributed by atoms with Crippen molar-refractivity contribution in [2.75, 3.05) is 12.8 Å². The van der Waals surface area contributed by atoms with Crippen molar-refractivity contribution >= 4 is 35.0 Å². The molecule has 224 valence electrons. The summed E-state index contributed by atoms with van der Waals surface area (Å²) in [6.07, 6.45) is -2.85. The third kappa shape index (κ3) is 6.47. The number of ether oxygens (including phenoxy) is 3. The number of aromatic nitrogens is 4. The average Bonchev–Trinajstić information content (AvgIpc) is 3.58. The number of carbonyl (C=O) groups is 3. The van der Waals surface area contributed by atoms with Crippen molar-refractivity contribution in [2.24, 2.45) is 0 Å². The second-order valence-corrected chi connectivity index (χ2v) is 9.70. The summed E-state index contributed by atoms with van der Waals surface area (Å²) >= 11 is 0. The van der Waals surface area contributed by atoms with Gasteiger partial charge >= 0.3 is 12.1 Å². The molecule has 43 heavy (non-hydrogen) atoms. The van der Waals surface area contributed by atoms with Crippen LogP contribution in [0, 0.1) is 0 Å². The Balaban J connectivity index is 1.35. The van der Waals surface area contributed by atoms with Gasteiger partial charge in [0.25, 0.3) is 0 Å². The number of carbonyl (C=O) groups excluding carboxylic acids is 2. The predicted molar refractivity (Wildman–Crippen MR) is 149 cm³/mol. The Morgan fingerprint density at radius 1 is 1.07 bits per heavy atom. The molecule has 1 aliphatic heterocycles. The van der Waals surface area contributed by atoms with Crippen molar-refractivity contribution in [1.29, 1.82) is 0 Å². The van der Waals surface area contributed by atoms with E-state index < -0.39 is 48.5 Å². The van der Waals surface area contributed by atoms with Gasteiger partial charge in [-0.2, -0.15) is 0 Å². The first-order chi connectivity index (χ1) is 20.7. The molecule has 4 aromatic rings. The zero-order valence-electron chi connectivity index (χ0n) is 22.9. The molecule has 0 spiro atoms. The minimum Gasteiger partial charge on any atom is -0.497 e. The number of carboxylic acid groups (broad SMARTS) is 1. The number of nitrogens with zero attached hydrogens (tertiary/aromatic N) is 4. The van der Waals surface area contributed by atoms with E-state index in [1.54, 1.807) is 48.5 Å². The first kappa shape index (κ1) is 29.2. The number of aliphatic hydroxyl groups excluding tert-OH is 1. The Bertz CT molecular complexity index is 1600. The first-order valence-corrected chi connectivity index (χ1v) is 13.1. The molecular weight excluding hydrogens is 562 g/mol. The molecule has 0 saturated carbocycles. The normalized spacial score (nSPS) is 20.3. The summed E-state index contributed by atoms with van der Waals surface area (Å²) in [5.41, 5.74) is 7.69. The van der Waals surface area contributed by atoms with Crippen LogP contribution in [-0.4, -0.2) is 79.1 Å². The molecule has 0 bridgehead atoms. The number of alkyl carbamates (subject to hydrolysis) is 1. The number of methoxy groups -OCH3 is 1. The number of benzene rings is 2. The largest absolute Gasteiger partial charge is 0.497 e. The highest BCUT2D eigenvalue weighted by molar-refractivity contribution is 5.87. The lowest BCUT2D eigenvalue weighted by molar-refractivity contribution is -0.152. The standard InChI is InChI=1S/C28H29N7O8/c1-41-17-9-7-15(8-10-17)11-18(33-28(40)42-12-16-5-3-2-4-6-16)25(37)34-19-21(36)26(43-22(19)27(38)39)35-14-32-20-23(29)30-13-31-24(20)35/h2-10,13-14,18-19,21-22,26,36H,11-12H2,1H3,(H,33,40)(H,34,37)(H,38,39)(H2,29,30,31)/t18-,19-,21+,22-,26+/m0/s1. The van der Waals surface area contributed by atoms with E-state index in [9.17, 15) is 24.6 Å². The molecule has 0 aliphatic carbocycles. The molecule has 15 nitrogen and oxygen atoms in total. The van der Waals surface area contributed by atoms with Gasteiger partial charge in [-0.15, -0.1) is 0 Å². The number of aliphatic hydroxyl groups is 1. The monoisotopic (exact) mass is 591 g/mol. The minimum absolute atomic E-state index is 0.0173. The highest BCUT2D eigenvalue weighted by Gasteiger charge is 2.50. The van der Waals surface area contributed by atoms with Gasteiger partial charge in [-0.05, 0) is 23.3 Å². The van der Waals surface area contributed by atoms with Crippen molar-refractivity contribution in [3.63, 3.8) is 0 Å². The zero-order chi connectivity index (χ0) is 30.5. The van der Waals surface area contributed by atoms with E-state index in [1.807, 2.05) is 6.07 Å². The van der Waals surface area contributed by atoms with Crippen LogP contribution in [0.3, 0.4) is 0 Å². The lowest BCUT2D eigenvalue weighted by atomic mass is 10.0. The molecule has 15 heteroatoms. The summed E-state index contributed by atoms with van der Waals surface area (Å²) in [7, 11) is 1.52.